The van der Waals surface area contributed by atoms with Crippen LogP contribution in [0.1, 0.15) is 170 Å². The minimum Gasteiger partial charge on any atom is -0.459 e. The van der Waals surface area contributed by atoms with Crippen molar-refractivity contribution in [3.8, 4) is 0 Å². The summed E-state index contributed by atoms with van der Waals surface area (Å²) in [7, 11) is 0. The van der Waals surface area contributed by atoms with Crippen molar-refractivity contribution in [3.63, 3.8) is 0 Å². The minimum atomic E-state index is -0.240. The Kier molecular flexibility index (Phi) is 8.91. The molecular formula is C46H70O3. The van der Waals surface area contributed by atoms with Crippen molar-refractivity contribution < 1.29 is 14.6 Å². The zero-order valence-electron chi connectivity index (χ0n) is 33.4. The summed E-state index contributed by atoms with van der Waals surface area (Å²) in [5, 5.41) is 10.0. The normalized spacial score (nSPS) is 41.2. The highest BCUT2D eigenvalue weighted by molar-refractivity contribution is 5.87. The van der Waals surface area contributed by atoms with Gasteiger partial charge in [0.05, 0.1) is 6.61 Å². The van der Waals surface area contributed by atoms with Crippen molar-refractivity contribution in [1.29, 1.82) is 0 Å². The first-order valence-corrected chi connectivity index (χ1v) is 19.9. The third kappa shape index (κ3) is 5.07. The molecule has 3 heteroatoms. The van der Waals surface area contributed by atoms with Crippen molar-refractivity contribution in [2.45, 2.75) is 172 Å². The summed E-state index contributed by atoms with van der Waals surface area (Å²) in [6.45, 7) is 29.3. The molecule has 5 aliphatic carbocycles. The van der Waals surface area contributed by atoms with E-state index in [0.29, 0.717) is 38.4 Å². The summed E-state index contributed by atoms with van der Waals surface area (Å²) in [4.78, 5) is 13.3. The van der Waals surface area contributed by atoms with E-state index >= 15 is 0 Å². The number of benzene rings is 1. The maximum atomic E-state index is 13.3. The Morgan fingerprint density at radius 1 is 0.939 bits per heavy atom. The zero-order chi connectivity index (χ0) is 36.1. The quantitative estimate of drug-likeness (QED) is 0.170. The SMILES string of the molecule is CC(C)=CCCC(C)C1(C)CCC2(C)[C@]1(C)CC[C@@]13C[C@@]14CC[C@H](OC(=O)/C=C/c1ccc(C(C)(C)C)c(CO)c1)C(C)(C)C4CC[C@@]23C. The third-order valence-electron chi connectivity index (χ3n) is 17.6. The molecule has 5 saturated carbocycles. The predicted molar refractivity (Wildman–Crippen MR) is 204 cm³/mol. The number of ether oxygens (including phenoxy) is 1. The monoisotopic (exact) mass is 671 g/mol. The van der Waals surface area contributed by atoms with E-state index in [-0.39, 0.29) is 29.5 Å². The molecule has 0 bridgehead atoms. The molecule has 0 aromatic heterocycles. The van der Waals surface area contributed by atoms with Crippen molar-refractivity contribution in [2.24, 2.45) is 49.7 Å². The van der Waals surface area contributed by atoms with Crippen LogP contribution >= 0.6 is 0 Å². The van der Waals surface area contributed by atoms with Crippen LogP contribution in [0.5, 0.6) is 0 Å². The minimum absolute atomic E-state index is 0.00783. The first-order valence-electron chi connectivity index (χ1n) is 19.9. The lowest BCUT2D eigenvalue weighted by molar-refractivity contribution is -0.223. The maximum Gasteiger partial charge on any atom is 0.331 e. The average Bonchev–Trinajstić information content (AvgIpc) is 3.64. The summed E-state index contributed by atoms with van der Waals surface area (Å²) in [6.07, 6.45) is 20.0. The molecule has 0 amide bonds. The first kappa shape index (κ1) is 36.9. The first-order chi connectivity index (χ1) is 22.7. The smallest absolute Gasteiger partial charge is 0.331 e. The molecule has 0 saturated heterocycles. The molecule has 4 unspecified atom stereocenters. The fraction of sp³-hybridized carbons (Fsp3) is 0.761. The number of rotatable bonds is 8. The van der Waals surface area contributed by atoms with E-state index < -0.39 is 0 Å². The third-order valence-corrected chi connectivity index (χ3v) is 17.6. The molecule has 0 aliphatic heterocycles. The van der Waals surface area contributed by atoms with E-state index in [9.17, 15) is 9.90 Å². The molecule has 3 nitrogen and oxygen atoms in total. The van der Waals surface area contributed by atoms with Crippen molar-refractivity contribution in [3.05, 3.63) is 52.6 Å². The standard InChI is InChI=1S/C46H70O3/c1-31(2)14-13-15-32(3)41(9)24-25-43(11)42(41,10)26-27-46-30-45(46)23-21-37(40(7,8)36(45)20-22-44(43,46)12)49-38(48)19-17-33-16-18-35(39(4,5)6)34(28-33)29-47/h14,16-19,28,32,36-37,47H,13,15,20-27,29-30H2,1-12H3/b19-17+/t32?,36?,37-,41?,42+,43?,44-,45+,46-/m0/s1. The molecule has 6 rings (SSSR count). The lowest BCUT2D eigenvalue weighted by Gasteiger charge is -2.70. The lowest BCUT2D eigenvalue weighted by Crippen LogP contribution is -2.64. The predicted octanol–water partition coefficient (Wildman–Crippen LogP) is 12.0. The fourth-order valence-electron chi connectivity index (χ4n) is 14.1. The van der Waals surface area contributed by atoms with Gasteiger partial charge < -0.3 is 9.84 Å². The van der Waals surface area contributed by atoms with Crippen molar-refractivity contribution in [1.82, 2.24) is 0 Å². The van der Waals surface area contributed by atoms with Gasteiger partial charge in [0, 0.05) is 11.5 Å². The van der Waals surface area contributed by atoms with Gasteiger partial charge in [-0.25, -0.2) is 4.79 Å². The Bertz CT molecular complexity index is 1520. The van der Waals surface area contributed by atoms with Crippen LogP contribution in [0.25, 0.3) is 6.08 Å². The Balaban J connectivity index is 1.18. The molecule has 0 radical (unpaired) electrons. The zero-order valence-corrected chi connectivity index (χ0v) is 33.4. The molecule has 5 fully saturated rings. The molecule has 5 aliphatic rings. The molecule has 49 heavy (non-hydrogen) atoms. The number of aliphatic hydroxyl groups is 1. The Labute approximate surface area is 300 Å². The van der Waals surface area contributed by atoms with Gasteiger partial charge in [-0.15, -0.1) is 0 Å². The number of aliphatic hydroxyl groups excluding tert-OH is 1. The molecule has 1 aromatic rings. The van der Waals surface area contributed by atoms with Crippen LogP contribution in [0.2, 0.25) is 0 Å². The van der Waals surface area contributed by atoms with Crippen LogP contribution in [-0.2, 0) is 21.6 Å². The van der Waals surface area contributed by atoms with Gasteiger partial charge in [-0.2, -0.15) is 0 Å². The number of esters is 1. The Morgan fingerprint density at radius 3 is 2.29 bits per heavy atom. The summed E-state index contributed by atoms with van der Waals surface area (Å²) < 4.78 is 6.36. The molecule has 9 atom stereocenters. The van der Waals surface area contributed by atoms with E-state index in [4.69, 9.17) is 4.74 Å². The fourth-order valence-corrected chi connectivity index (χ4v) is 14.1. The van der Waals surface area contributed by atoms with Gasteiger partial charge in [0.15, 0.2) is 0 Å². The second-order valence-electron chi connectivity index (χ2n) is 20.6. The van der Waals surface area contributed by atoms with Crippen LogP contribution in [0.4, 0.5) is 0 Å². The average molecular weight is 671 g/mol. The van der Waals surface area contributed by atoms with E-state index in [1.165, 1.54) is 69.8 Å². The number of allylic oxidation sites excluding steroid dienone is 2. The van der Waals surface area contributed by atoms with Crippen molar-refractivity contribution in [2.75, 3.05) is 0 Å². The molecular weight excluding hydrogens is 601 g/mol. The molecule has 1 aromatic carbocycles. The second-order valence-corrected chi connectivity index (χ2v) is 20.6. The number of hydrogen-bond acceptors (Lipinski definition) is 3. The number of fused-ring (bicyclic) bond motifs is 2. The number of hydrogen-bond donors (Lipinski definition) is 1. The van der Waals surface area contributed by atoms with Crippen LogP contribution < -0.4 is 0 Å². The molecule has 272 valence electrons. The van der Waals surface area contributed by atoms with Crippen LogP contribution in [0.3, 0.4) is 0 Å². The largest absolute Gasteiger partial charge is 0.459 e. The molecule has 0 heterocycles. The number of carbonyl (C=O) groups excluding carboxylic acids is 1. The van der Waals surface area contributed by atoms with Gasteiger partial charge in [0.25, 0.3) is 0 Å². The van der Waals surface area contributed by atoms with Crippen LogP contribution in [-0.4, -0.2) is 17.2 Å². The van der Waals surface area contributed by atoms with Gasteiger partial charge in [0.2, 0.25) is 0 Å². The van der Waals surface area contributed by atoms with Gasteiger partial charge in [-0.3, -0.25) is 0 Å². The number of carbonyl (C=O) groups is 1. The van der Waals surface area contributed by atoms with Crippen molar-refractivity contribution >= 4 is 12.0 Å². The highest BCUT2D eigenvalue weighted by atomic mass is 16.5. The molecule has 1 N–H and O–H groups in total. The summed E-state index contributed by atoms with van der Waals surface area (Å²) in [5.74, 6) is 1.09. The van der Waals surface area contributed by atoms with Crippen LogP contribution in [0, 0.1) is 49.7 Å². The molecule has 2 spiro atoms. The van der Waals surface area contributed by atoms with Gasteiger partial charge >= 0.3 is 5.97 Å². The Morgan fingerprint density at radius 2 is 1.63 bits per heavy atom. The summed E-state index contributed by atoms with van der Waals surface area (Å²) in [6, 6.07) is 6.12. The highest BCUT2D eigenvalue weighted by Crippen LogP contribution is 2.93. The summed E-state index contributed by atoms with van der Waals surface area (Å²) >= 11 is 0. The van der Waals surface area contributed by atoms with Gasteiger partial charge in [-0.1, -0.05) is 93.0 Å². The maximum absolute atomic E-state index is 13.3. The van der Waals surface area contributed by atoms with Crippen LogP contribution in [0.15, 0.2) is 35.9 Å². The van der Waals surface area contributed by atoms with E-state index in [1.807, 2.05) is 18.2 Å². The second kappa shape index (κ2) is 11.8. The lowest BCUT2D eigenvalue weighted by atomic mass is 9.35. The topological polar surface area (TPSA) is 46.5 Å². The van der Waals surface area contributed by atoms with Gasteiger partial charge in [-0.05, 0) is 163 Å². The Hall–Kier alpha value is -1.87. The van der Waals surface area contributed by atoms with E-state index in [1.54, 1.807) is 6.08 Å². The van der Waals surface area contributed by atoms with Gasteiger partial charge in [0.1, 0.15) is 6.10 Å². The van der Waals surface area contributed by atoms with E-state index in [2.05, 4.69) is 95.2 Å². The summed E-state index contributed by atoms with van der Waals surface area (Å²) in [5.41, 5.74) is 6.62. The van der Waals surface area contributed by atoms with E-state index in [0.717, 1.165) is 29.0 Å². The highest BCUT2D eigenvalue weighted by Gasteiger charge is 2.87.